The Morgan fingerprint density at radius 2 is 1.87 bits per heavy atom. The topological polar surface area (TPSA) is 107 Å². The second-order valence-corrected chi connectivity index (χ2v) is 8.88. The highest BCUT2D eigenvalue weighted by Gasteiger charge is 2.33. The quantitative estimate of drug-likeness (QED) is 0.340. The third-order valence-electron chi connectivity index (χ3n) is 5.71. The molecule has 0 atom stereocenters. The molecule has 4 aromatic rings. The van der Waals surface area contributed by atoms with Crippen LogP contribution < -0.4 is 15.4 Å². The number of aromatic nitrogens is 5. The number of nitrogens with one attached hydrogen (secondary N) is 2. The van der Waals surface area contributed by atoms with Crippen LogP contribution in [0.4, 0.5) is 18.9 Å². The first-order valence-corrected chi connectivity index (χ1v) is 11.7. The Hall–Kier alpha value is -4.32. The number of nitrogens with zero attached hydrogens (tertiary/aromatic N) is 5. The van der Waals surface area contributed by atoms with Gasteiger partial charge in [0.1, 0.15) is 17.8 Å². The predicted octanol–water partition coefficient (Wildman–Crippen LogP) is 4.81. The number of benzene rings is 2. The Kier molecular flexibility index (Phi) is 7.72. The smallest absolute Gasteiger partial charge is 0.416 e. The molecule has 0 fully saturated rings. The van der Waals surface area contributed by atoms with Crippen molar-refractivity contribution in [3.05, 3.63) is 77.5 Å². The van der Waals surface area contributed by atoms with Crippen LogP contribution in [0.1, 0.15) is 40.9 Å². The van der Waals surface area contributed by atoms with Crippen LogP contribution in [0.2, 0.25) is 0 Å². The van der Waals surface area contributed by atoms with Crippen LogP contribution in [0, 0.1) is 6.92 Å². The summed E-state index contributed by atoms with van der Waals surface area (Å²) in [6.45, 7) is 5.73. The van der Waals surface area contributed by atoms with Crippen molar-refractivity contribution in [3.63, 3.8) is 0 Å². The fourth-order valence-electron chi connectivity index (χ4n) is 3.77. The molecule has 198 valence electrons. The van der Waals surface area contributed by atoms with Crippen molar-refractivity contribution in [1.29, 1.82) is 0 Å². The maximum Gasteiger partial charge on any atom is 0.416 e. The van der Waals surface area contributed by atoms with E-state index in [0.717, 1.165) is 17.7 Å². The third-order valence-corrected chi connectivity index (χ3v) is 5.71. The van der Waals surface area contributed by atoms with Gasteiger partial charge in [0.25, 0.3) is 5.91 Å². The van der Waals surface area contributed by atoms with E-state index in [1.54, 1.807) is 36.8 Å². The van der Waals surface area contributed by atoms with Crippen LogP contribution >= 0.6 is 0 Å². The monoisotopic (exact) mass is 525 g/mol. The number of amides is 1. The van der Waals surface area contributed by atoms with Crippen molar-refractivity contribution >= 4 is 11.6 Å². The summed E-state index contributed by atoms with van der Waals surface area (Å²) in [4.78, 5) is 21.2. The van der Waals surface area contributed by atoms with Gasteiger partial charge in [-0.25, -0.2) is 14.6 Å². The van der Waals surface area contributed by atoms with Gasteiger partial charge in [0, 0.05) is 41.7 Å². The van der Waals surface area contributed by atoms with Gasteiger partial charge >= 0.3 is 6.18 Å². The number of methoxy groups -OCH3 is 1. The van der Waals surface area contributed by atoms with Crippen LogP contribution in [0.15, 0.2) is 55.2 Å². The van der Waals surface area contributed by atoms with E-state index in [2.05, 4.69) is 30.9 Å². The number of hydrogen-bond donors (Lipinski definition) is 2. The molecule has 2 N–H and O–H groups in total. The second kappa shape index (κ2) is 11.0. The van der Waals surface area contributed by atoms with E-state index in [0.29, 0.717) is 16.9 Å². The van der Waals surface area contributed by atoms with Crippen LogP contribution in [-0.2, 0) is 12.7 Å². The lowest BCUT2D eigenvalue weighted by Gasteiger charge is -2.19. The van der Waals surface area contributed by atoms with Crippen molar-refractivity contribution in [3.8, 4) is 22.7 Å². The molecule has 0 aliphatic rings. The Morgan fingerprint density at radius 1 is 1.13 bits per heavy atom. The standard InChI is InChI=1S/C26H26F3N7O2/c1-15(2)32-12-18-7-20(26(27,28)29)9-21(24(18)38-4)33-25(37)17-6-5-16(3)23(8-17)36-13-22(34-35-36)19-10-30-14-31-11-19/h5-11,13-15,32H,12H2,1-4H3,(H,33,37). The van der Waals surface area contributed by atoms with Crippen molar-refractivity contribution < 1.29 is 22.7 Å². The van der Waals surface area contributed by atoms with E-state index in [1.807, 2.05) is 20.8 Å². The maximum absolute atomic E-state index is 13.7. The largest absolute Gasteiger partial charge is 0.494 e. The summed E-state index contributed by atoms with van der Waals surface area (Å²) in [6.07, 6.45) is 1.68. The summed E-state index contributed by atoms with van der Waals surface area (Å²) in [6, 6.07) is 6.82. The molecule has 38 heavy (non-hydrogen) atoms. The fraction of sp³-hybridized carbons (Fsp3) is 0.269. The third kappa shape index (κ3) is 5.97. The Labute approximate surface area is 217 Å². The Bertz CT molecular complexity index is 1440. The van der Waals surface area contributed by atoms with Crippen LogP contribution in [0.25, 0.3) is 16.9 Å². The lowest BCUT2D eigenvalue weighted by molar-refractivity contribution is -0.137. The zero-order chi connectivity index (χ0) is 27.4. The minimum Gasteiger partial charge on any atom is -0.494 e. The van der Waals surface area contributed by atoms with Gasteiger partial charge in [-0.3, -0.25) is 4.79 Å². The number of aryl methyl sites for hydroxylation is 1. The van der Waals surface area contributed by atoms with Crippen molar-refractivity contribution in [1.82, 2.24) is 30.3 Å². The Balaban J connectivity index is 1.67. The molecule has 4 rings (SSSR count). The van der Waals surface area contributed by atoms with Crippen molar-refractivity contribution in [2.45, 2.75) is 39.5 Å². The molecule has 2 heterocycles. The highest BCUT2D eigenvalue weighted by atomic mass is 19.4. The van der Waals surface area contributed by atoms with Gasteiger partial charge in [-0.2, -0.15) is 13.2 Å². The SMILES string of the molecule is COc1c(CNC(C)C)cc(C(F)(F)F)cc1NC(=O)c1ccc(C)c(-n2cc(-c3cncnc3)nn2)c1. The van der Waals surface area contributed by atoms with E-state index in [9.17, 15) is 18.0 Å². The summed E-state index contributed by atoms with van der Waals surface area (Å²) < 4.78 is 47.9. The highest BCUT2D eigenvalue weighted by molar-refractivity contribution is 6.05. The summed E-state index contributed by atoms with van der Waals surface area (Å²) in [5.41, 5.74) is 2.11. The fourth-order valence-corrected chi connectivity index (χ4v) is 3.77. The molecule has 0 radical (unpaired) electrons. The number of alkyl halides is 3. The second-order valence-electron chi connectivity index (χ2n) is 8.88. The number of carbonyl (C=O) groups excluding carboxylic acids is 1. The normalized spacial score (nSPS) is 11.6. The molecule has 0 bridgehead atoms. The molecule has 2 aromatic heterocycles. The van der Waals surface area contributed by atoms with Gasteiger partial charge in [-0.05, 0) is 36.8 Å². The van der Waals surface area contributed by atoms with E-state index in [1.165, 1.54) is 18.1 Å². The molecule has 2 aromatic carbocycles. The maximum atomic E-state index is 13.7. The molecular formula is C26H26F3N7O2. The molecule has 9 nitrogen and oxygen atoms in total. The molecule has 1 amide bonds. The number of halogens is 3. The summed E-state index contributed by atoms with van der Waals surface area (Å²) >= 11 is 0. The van der Waals surface area contributed by atoms with Gasteiger partial charge in [-0.1, -0.05) is 25.1 Å². The molecule has 0 saturated carbocycles. The highest BCUT2D eigenvalue weighted by Crippen LogP contribution is 2.38. The first-order valence-electron chi connectivity index (χ1n) is 11.7. The van der Waals surface area contributed by atoms with E-state index >= 15 is 0 Å². The van der Waals surface area contributed by atoms with Gasteiger partial charge in [0.15, 0.2) is 0 Å². The van der Waals surface area contributed by atoms with Crippen molar-refractivity contribution in [2.24, 2.45) is 0 Å². The number of rotatable bonds is 8. The summed E-state index contributed by atoms with van der Waals surface area (Å²) in [5.74, 6) is -0.457. The molecule has 0 unspecified atom stereocenters. The number of ether oxygens (including phenoxy) is 1. The summed E-state index contributed by atoms with van der Waals surface area (Å²) in [7, 11) is 1.35. The van der Waals surface area contributed by atoms with E-state index in [4.69, 9.17) is 4.74 Å². The molecule has 0 aliphatic carbocycles. The average Bonchev–Trinajstić information content (AvgIpc) is 3.37. The zero-order valence-corrected chi connectivity index (χ0v) is 21.2. The van der Waals surface area contributed by atoms with E-state index < -0.39 is 17.6 Å². The number of hydrogen-bond acceptors (Lipinski definition) is 7. The summed E-state index contributed by atoms with van der Waals surface area (Å²) in [5, 5.41) is 14.0. The minimum atomic E-state index is -4.61. The van der Waals surface area contributed by atoms with Crippen molar-refractivity contribution in [2.75, 3.05) is 12.4 Å². The number of anilines is 1. The molecular weight excluding hydrogens is 499 g/mol. The first kappa shape index (κ1) is 26.7. The van der Waals surface area contributed by atoms with Gasteiger partial charge in [0.05, 0.1) is 30.2 Å². The molecule has 12 heteroatoms. The lowest BCUT2D eigenvalue weighted by Crippen LogP contribution is -2.23. The lowest BCUT2D eigenvalue weighted by atomic mass is 10.1. The molecule has 0 spiro atoms. The van der Waals surface area contributed by atoms with Gasteiger partial charge in [-0.15, -0.1) is 5.10 Å². The molecule has 0 saturated heterocycles. The number of carbonyl (C=O) groups is 1. The zero-order valence-electron chi connectivity index (χ0n) is 21.2. The first-order chi connectivity index (χ1) is 18.1. The van der Waals surface area contributed by atoms with E-state index in [-0.39, 0.29) is 35.2 Å². The Morgan fingerprint density at radius 3 is 2.53 bits per heavy atom. The van der Waals surface area contributed by atoms with Crippen LogP contribution in [0.3, 0.4) is 0 Å². The minimum absolute atomic E-state index is 0.0324. The molecule has 0 aliphatic heterocycles. The van der Waals surface area contributed by atoms with Crippen LogP contribution in [0.5, 0.6) is 5.75 Å². The predicted molar refractivity (Wildman–Crippen MR) is 135 cm³/mol. The van der Waals surface area contributed by atoms with Gasteiger partial charge in [0.2, 0.25) is 0 Å². The van der Waals surface area contributed by atoms with Crippen LogP contribution in [-0.4, -0.2) is 44.0 Å². The average molecular weight is 526 g/mol. The van der Waals surface area contributed by atoms with Gasteiger partial charge < -0.3 is 15.4 Å².